The normalized spacial score (nSPS) is 21.3. The van der Waals surface area contributed by atoms with Crippen molar-refractivity contribution >= 4 is 11.8 Å². The number of likely N-dealkylation sites (tertiary alicyclic amines) is 1. The van der Waals surface area contributed by atoms with Crippen LogP contribution in [0.2, 0.25) is 0 Å². The molecule has 6 nitrogen and oxygen atoms in total. The van der Waals surface area contributed by atoms with Crippen LogP contribution in [0.4, 0.5) is 0 Å². The lowest BCUT2D eigenvalue weighted by atomic mass is 10.0. The third-order valence-corrected chi connectivity index (χ3v) is 4.85. The lowest BCUT2D eigenvalue weighted by Gasteiger charge is -2.29. The van der Waals surface area contributed by atoms with E-state index in [0.717, 1.165) is 6.42 Å². The third-order valence-electron chi connectivity index (χ3n) is 4.85. The van der Waals surface area contributed by atoms with Gasteiger partial charge in [-0.3, -0.25) is 9.59 Å². The van der Waals surface area contributed by atoms with Crippen molar-refractivity contribution < 1.29 is 14.3 Å². The van der Waals surface area contributed by atoms with Crippen LogP contribution >= 0.6 is 0 Å². The molecule has 0 aliphatic carbocycles. The maximum absolute atomic E-state index is 13.0. The number of nitrogens with one attached hydrogen (secondary N) is 1. The van der Waals surface area contributed by atoms with Gasteiger partial charge in [0.2, 0.25) is 5.91 Å². The quantitative estimate of drug-likeness (QED) is 0.819. The fourth-order valence-electron chi connectivity index (χ4n) is 3.36. The monoisotopic (exact) mass is 347 g/mol. The predicted molar refractivity (Wildman–Crippen MR) is 97.4 cm³/mol. The Kier molecular flexibility index (Phi) is 6.42. The van der Waals surface area contributed by atoms with E-state index in [-0.39, 0.29) is 23.8 Å². The molecule has 3 N–H and O–H groups in total. The van der Waals surface area contributed by atoms with Crippen molar-refractivity contribution in [2.75, 3.05) is 20.2 Å². The average Bonchev–Trinajstić information content (AvgIpc) is 2.99. The summed E-state index contributed by atoms with van der Waals surface area (Å²) in [5, 5.41) is 2.90. The molecule has 1 saturated heterocycles. The van der Waals surface area contributed by atoms with Crippen molar-refractivity contribution in [1.82, 2.24) is 10.2 Å². The van der Waals surface area contributed by atoms with E-state index in [2.05, 4.69) is 5.32 Å². The van der Waals surface area contributed by atoms with Crippen molar-refractivity contribution in [1.29, 1.82) is 0 Å². The molecule has 0 spiro atoms. The fourth-order valence-corrected chi connectivity index (χ4v) is 3.36. The van der Waals surface area contributed by atoms with Crippen molar-refractivity contribution in [2.45, 2.75) is 39.3 Å². The molecular weight excluding hydrogens is 318 g/mol. The van der Waals surface area contributed by atoms with E-state index in [1.165, 1.54) is 7.11 Å². The number of para-hydroxylation sites is 1. The molecule has 0 bridgehead atoms. The molecule has 2 amide bonds. The first-order valence-electron chi connectivity index (χ1n) is 8.83. The molecule has 1 aromatic rings. The summed E-state index contributed by atoms with van der Waals surface area (Å²) in [6, 6.07) is 6.58. The van der Waals surface area contributed by atoms with Crippen LogP contribution in [-0.4, -0.2) is 49.0 Å². The first kappa shape index (κ1) is 19.2. The van der Waals surface area contributed by atoms with E-state index in [9.17, 15) is 9.59 Å². The first-order chi connectivity index (χ1) is 11.9. The summed E-state index contributed by atoms with van der Waals surface area (Å²) in [4.78, 5) is 27.5. The minimum atomic E-state index is -0.573. The molecule has 3 atom stereocenters. The molecule has 1 aliphatic heterocycles. The number of carbonyl (C=O) groups excluding carboxylic acids is 2. The number of amides is 2. The Balaban J connectivity index is 2.15. The number of ether oxygens (including phenoxy) is 1. The Labute approximate surface area is 149 Å². The summed E-state index contributed by atoms with van der Waals surface area (Å²) in [5.41, 5.74) is 6.19. The van der Waals surface area contributed by atoms with E-state index in [1.807, 2.05) is 25.7 Å². The molecule has 3 unspecified atom stereocenters. The summed E-state index contributed by atoms with van der Waals surface area (Å²) < 4.78 is 5.24. The largest absolute Gasteiger partial charge is 0.496 e. The lowest BCUT2D eigenvalue weighted by Crippen LogP contribution is -2.52. The zero-order valence-corrected chi connectivity index (χ0v) is 15.5. The highest BCUT2D eigenvalue weighted by molar-refractivity contribution is 5.99. The molecule has 1 fully saturated rings. The van der Waals surface area contributed by atoms with Gasteiger partial charge in [0.25, 0.3) is 5.91 Å². The number of methoxy groups -OCH3 is 1. The van der Waals surface area contributed by atoms with E-state index in [4.69, 9.17) is 10.5 Å². The van der Waals surface area contributed by atoms with Gasteiger partial charge in [0.05, 0.1) is 12.7 Å². The molecule has 25 heavy (non-hydrogen) atoms. The second kappa shape index (κ2) is 8.34. The number of carbonyl (C=O) groups is 2. The standard InChI is InChI=1S/C19H29N3O3/c1-12(2)17(19(24)22-11-14(10-20)9-13(22)3)21-18(23)15-7-5-6-8-16(15)25-4/h5-8,12-14,17H,9-11,20H2,1-4H3,(H,21,23). The number of benzene rings is 1. The van der Waals surface area contributed by atoms with Gasteiger partial charge in [-0.2, -0.15) is 0 Å². The average molecular weight is 347 g/mol. The van der Waals surface area contributed by atoms with Crippen LogP contribution in [0.25, 0.3) is 0 Å². The van der Waals surface area contributed by atoms with E-state index < -0.39 is 6.04 Å². The highest BCUT2D eigenvalue weighted by atomic mass is 16.5. The minimum absolute atomic E-state index is 0.0183. The lowest BCUT2D eigenvalue weighted by molar-refractivity contribution is -0.135. The molecule has 0 aromatic heterocycles. The molecule has 0 radical (unpaired) electrons. The number of hydrogen-bond acceptors (Lipinski definition) is 4. The molecule has 6 heteroatoms. The number of rotatable bonds is 6. The van der Waals surface area contributed by atoms with Gasteiger partial charge in [-0.1, -0.05) is 26.0 Å². The predicted octanol–water partition coefficient (Wildman–Crippen LogP) is 1.65. The smallest absolute Gasteiger partial charge is 0.255 e. The van der Waals surface area contributed by atoms with Crippen molar-refractivity contribution in [2.24, 2.45) is 17.6 Å². The zero-order chi connectivity index (χ0) is 18.6. The van der Waals surface area contributed by atoms with Crippen molar-refractivity contribution in [3.8, 4) is 5.75 Å². The van der Waals surface area contributed by atoms with Gasteiger partial charge >= 0.3 is 0 Å². The molecule has 2 rings (SSSR count). The zero-order valence-electron chi connectivity index (χ0n) is 15.5. The van der Waals surface area contributed by atoms with Crippen LogP contribution < -0.4 is 15.8 Å². The Hall–Kier alpha value is -2.08. The maximum atomic E-state index is 13.0. The van der Waals surface area contributed by atoms with Crippen LogP contribution in [0.1, 0.15) is 37.6 Å². The van der Waals surface area contributed by atoms with Gasteiger partial charge in [-0.25, -0.2) is 0 Å². The van der Waals surface area contributed by atoms with Crippen LogP contribution in [0.5, 0.6) is 5.75 Å². The molecule has 1 aromatic carbocycles. The van der Waals surface area contributed by atoms with Gasteiger partial charge in [0.1, 0.15) is 11.8 Å². The Bertz CT molecular complexity index is 618. The van der Waals surface area contributed by atoms with Crippen molar-refractivity contribution in [3.63, 3.8) is 0 Å². The summed E-state index contributed by atoms with van der Waals surface area (Å²) in [7, 11) is 1.52. The summed E-state index contributed by atoms with van der Waals surface area (Å²) in [6.07, 6.45) is 0.910. The Morgan fingerprint density at radius 1 is 1.36 bits per heavy atom. The molecular formula is C19H29N3O3. The van der Waals surface area contributed by atoms with Crippen LogP contribution in [0.3, 0.4) is 0 Å². The minimum Gasteiger partial charge on any atom is -0.496 e. The molecule has 0 saturated carbocycles. The van der Waals surface area contributed by atoms with Gasteiger partial charge in [0, 0.05) is 12.6 Å². The summed E-state index contributed by atoms with van der Waals surface area (Å²) in [5.74, 6) is 0.466. The van der Waals surface area contributed by atoms with Gasteiger partial charge in [-0.15, -0.1) is 0 Å². The van der Waals surface area contributed by atoms with Gasteiger partial charge in [-0.05, 0) is 43.9 Å². The highest BCUT2D eigenvalue weighted by Crippen LogP contribution is 2.24. The molecule has 138 valence electrons. The first-order valence-corrected chi connectivity index (χ1v) is 8.83. The van der Waals surface area contributed by atoms with Crippen molar-refractivity contribution in [3.05, 3.63) is 29.8 Å². The second-order valence-electron chi connectivity index (χ2n) is 7.07. The number of hydrogen-bond donors (Lipinski definition) is 2. The van der Waals surface area contributed by atoms with Gasteiger partial charge < -0.3 is 20.7 Å². The van der Waals surface area contributed by atoms with E-state index >= 15 is 0 Å². The fraction of sp³-hybridized carbons (Fsp3) is 0.579. The SMILES string of the molecule is COc1ccccc1C(=O)NC(C(=O)N1CC(CN)CC1C)C(C)C. The summed E-state index contributed by atoms with van der Waals surface area (Å²) in [6.45, 7) is 7.14. The van der Waals surface area contributed by atoms with Crippen LogP contribution in [0, 0.1) is 11.8 Å². The van der Waals surface area contributed by atoms with Crippen LogP contribution in [0.15, 0.2) is 24.3 Å². The Morgan fingerprint density at radius 2 is 2.04 bits per heavy atom. The maximum Gasteiger partial charge on any atom is 0.255 e. The van der Waals surface area contributed by atoms with Gasteiger partial charge in [0.15, 0.2) is 0 Å². The number of nitrogens with two attached hydrogens (primary N) is 1. The Morgan fingerprint density at radius 3 is 2.60 bits per heavy atom. The number of nitrogens with zero attached hydrogens (tertiary/aromatic N) is 1. The van der Waals surface area contributed by atoms with Crippen LogP contribution in [-0.2, 0) is 4.79 Å². The third kappa shape index (κ3) is 4.31. The molecule has 1 heterocycles. The molecule has 1 aliphatic rings. The second-order valence-corrected chi connectivity index (χ2v) is 7.07. The van der Waals surface area contributed by atoms with E-state index in [0.29, 0.717) is 30.3 Å². The summed E-state index contributed by atoms with van der Waals surface area (Å²) >= 11 is 0. The topological polar surface area (TPSA) is 84.7 Å². The highest BCUT2D eigenvalue weighted by Gasteiger charge is 2.37. The van der Waals surface area contributed by atoms with E-state index in [1.54, 1.807) is 24.3 Å².